The first-order valence-electron chi connectivity index (χ1n) is 6.36. The number of hydrogen-bond acceptors (Lipinski definition) is 3. The Labute approximate surface area is 103 Å². The summed E-state index contributed by atoms with van der Waals surface area (Å²) in [6.45, 7) is 8.34. The molecule has 0 spiro atoms. The Hall–Kier alpha value is -1.03. The van der Waals surface area contributed by atoms with Gasteiger partial charge in [-0.1, -0.05) is 13.8 Å². The van der Waals surface area contributed by atoms with E-state index in [9.17, 15) is 5.11 Å². The van der Waals surface area contributed by atoms with Crippen molar-refractivity contribution in [1.82, 2.24) is 9.78 Å². The Balaban J connectivity index is 2.02. The van der Waals surface area contributed by atoms with Gasteiger partial charge < -0.3 is 9.84 Å². The Morgan fingerprint density at radius 3 is 2.82 bits per heavy atom. The lowest BCUT2D eigenvalue weighted by molar-refractivity contribution is -0.147. The number of ether oxygens (including phenoxy) is 1. The first kappa shape index (κ1) is 12.4. The van der Waals surface area contributed by atoms with E-state index >= 15 is 0 Å². The van der Waals surface area contributed by atoms with Gasteiger partial charge >= 0.3 is 0 Å². The van der Waals surface area contributed by atoms with Crippen LogP contribution in [0.15, 0.2) is 12.4 Å². The minimum atomic E-state index is -0.238. The van der Waals surface area contributed by atoms with Crippen molar-refractivity contribution in [1.29, 1.82) is 0 Å². The van der Waals surface area contributed by atoms with E-state index in [-0.39, 0.29) is 17.6 Å². The molecule has 1 saturated carbocycles. The normalized spacial score (nSPS) is 32.6. The molecule has 1 aromatic heterocycles. The van der Waals surface area contributed by atoms with Gasteiger partial charge in [0, 0.05) is 17.9 Å². The van der Waals surface area contributed by atoms with Gasteiger partial charge in [-0.2, -0.15) is 5.10 Å². The summed E-state index contributed by atoms with van der Waals surface area (Å²) >= 11 is 0. The third kappa shape index (κ3) is 2.06. The lowest BCUT2D eigenvalue weighted by Gasteiger charge is -2.50. The molecule has 3 atom stereocenters. The van der Waals surface area contributed by atoms with Gasteiger partial charge in [-0.3, -0.25) is 4.68 Å². The summed E-state index contributed by atoms with van der Waals surface area (Å²) in [6.07, 6.45) is 5.19. The second kappa shape index (κ2) is 4.33. The van der Waals surface area contributed by atoms with Crippen molar-refractivity contribution in [2.24, 2.45) is 5.41 Å². The molecule has 1 aromatic rings. The van der Waals surface area contributed by atoms with E-state index in [0.717, 1.165) is 18.6 Å². The molecule has 1 aliphatic rings. The van der Waals surface area contributed by atoms with E-state index in [1.807, 2.05) is 10.9 Å². The van der Waals surface area contributed by atoms with Crippen molar-refractivity contribution in [3.63, 3.8) is 0 Å². The molecule has 1 fully saturated rings. The van der Waals surface area contributed by atoms with E-state index in [1.54, 1.807) is 6.20 Å². The van der Waals surface area contributed by atoms with Crippen LogP contribution in [0.5, 0.6) is 5.75 Å². The molecule has 1 aliphatic carbocycles. The van der Waals surface area contributed by atoms with Crippen LogP contribution in [0.25, 0.3) is 0 Å². The third-order valence-corrected chi connectivity index (χ3v) is 4.08. The predicted molar refractivity (Wildman–Crippen MR) is 66.0 cm³/mol. The zero-order chi connectivity index (χ0) is 12.6. The SMILES string of the molecule is CCC1(C)C(O)CC1Oc1cnn(C(C)C)c1. The van der Waals surface area contributed by atoms with Crippen LogP contribution in [0.3, 0.4) is 0 Å². The van der Waals surface area contributed by atoms with E-state index in [2.05, 4.69) is 32.8 Å². The van der Waals surface area contributed by atoms with Gasteiger partial charge in [0.15, 0.2) is 5.75 Å². The molecule has 0 saturated heterocycles. The lowest BCUT2D eigenvalue weighted by Crippen LogP contribution is -2.57. The molecule has 17 heavy (non-hydrogen) atoms. The molecule has 4 nitrogen and oxygen atoms in total. The van der Waals surface area contributed by atoms with Crippen LogP contribution in [0.4, 0.5) is 0 Å². The standard InChI is InChI=1S/C13H22N2O2/c1-5-13(4)11(16)6-12(13)17-10-7-14-15(8-10)9(2)3/h7-9,11-12,16H,5-6H2,1-4H3. The van der Waals surface area contributed by atoms with Gasteiger partial charge in [0.05, 0.1) is 18.5 Å². The van der Waals surface area contributed by atoms with Gasteiger partial charge in [-0.05, 0) is 20.3 Å². The molecule has 4 heteroatoms. The van der Waals surface area contributed by atoms with Crippen LogP contribution in [-0.2, 0) is 0 Å². The summed E-state index contributed by atoms with van der Waals surface area (Å²) in [4.78, 5) is 0. The van der Waals surface area contributed by atoms with Crippen LogP contribution in [0, 0.1) is 5.41 Å². The van der Waals surface area contributed by atoms with Crippen LogP contribution >= 0.6 is 0 Å². The van der Waals surface area contributed by atoms with Gasteiger partial charge in [0.1, 0.15) is 6.10 Å². The second-order valence-corrected chi connectivity index (χ2v) is 5.47. The van der Waals surface area contributed by atoms with Crippen LogP contribution in [-0.4, -0.2) is 27.1 Å². The third-order valence-electron chi connectivity index (χ3n) is 4.08. The lowest BCUT2D eigenvalue weighted by atomic mass is 9.63. The first-order valence-corrected chi connectivity index (χ1v) is 6.36. The molecular formula is C13H22N2O2. The van der Waals surface area contributed by atoms with E-state index in [1.165, 1.54) is 0 Å². The highest BCUT2D eigenvalue weighted by Crippen LogP contribution is 2.45. The molecule has 0 aliphatic heterocycles. The number of rotatable bonds is 4. The van der Waals surface area contributed by atoms with Crippen molar-refractivity contribution in [2.45, 2.75) is 58.8 Å². The number of aromatic nitrogens is 2. The van der Waals surface area contributed by atoms with E-state index in [4.69, 9.17) is 4.74 Å². The molecule has 0 radical (unpaired) electrons. The zero-order valence-corrected chi connectivity index (χ0v) is 11.1. The Morgan fingerprint density at radius 1 is 1.65 bits per heavy atom. The maximum absolute atomic E-state index is 9.81. The molecule has 0 aromatic carbocycles. The molecule has 3 unspecified atom stereocenters. The summed E-state index contributed by atoms with van der Waals surface area (Å²) in [5.41, 5.74) is -0.111. The fourth-order valence-corrected chi connectivity index (χ4v) is 2.27. The maximum atomic E-state index is 9.81. The minimum absolute atomic E-state index is 0.104. The number of aliphatic hydroxyl groups excluding tert-OH is 1. The maximum Gasteiger partial charge on any atom is 0.157 e. The largest absolute Gasteiger partial charge is 0.486 e. The van der Waals surface area contributed by atoms with Gasteiger partial charge in [-0.25, -0.2) is 0 Å². The molecule has 96 valence electrons. The summed E-state index contributed by atoms with van der Waals surface area (Å²) in [6, 6.07) is 0.344. The Kier molecular flexibility index (Phi) is 3.17. The quantitative estimate of drug-likeness (QED) is 0.876. The molecule has 1 heterocycles. The Morgan fingerprint density at radius 2 is 2.35 bits per heavy atom. The highest BCUT2D eigenvalue weighted by Gasteiger charge is 2.51. The van der Waals surface area contributed by atoms with Crippen LogP contribution < -0.4 is 4.74 Å². The fraction of sp³-hybridized carbons (Fsp3) is 0.769. The van der Waals surface area contributed by atoms with Crippen molar-refractivity contribution in [3.8, 4) is 5.75 Å². The van der Waals surface area contributed by atoms with Crippen LogP contribution in [0.1, 0.15) is 46.6 Å². The topological polar surface area (TPSA) is 47.3 Å². The number of nitrogens with zero attached hydrogens (tertiary/aromatic N) is 2. The highest BCUT2D eigenvalue weighted by atomic mass is 16.5. The first-order chi connectivity index (χ1) is 7.97. The van der Waals surface area contributed by atoms with Crippen molar-refractivity contribution < 1.29 is 9.84 Å². The molecular weight excluding hydrogens is 216 g/mol. The summed E-state index contributed by atoms with van der Waals surface area (Å²) in [7, 11) is 0. The second-order valence-electron chi connectivity index (χ2n) is 5.47. The summed E-state index contributed by atoms with van der Waals surface area (Å²) in [5.74, 6) is 0.801. The minimum Gasteiger partial charge on any atom is -0.486 e. The van der Waals surface area contributed by atoms with Crippen LogP contribution in [0.2, 0.25) is 0 Å². The van der Waals surface area contributed by atoms with Crippen molar-refractivity contribution >= 4 is 0 Å². The van der Waals surface area contributed by atoms with E-state index < -0.39 is 0 Å². The zero-order valence-electron chi connectivity index (χ0n) is 11.1. The van der Waals surface area contributed by atoms with Crippen molar-refractivity contribution in [3.05, 3.63) is 12.4 Å². The van der Waals surface area contributed by atoms with Gasteiger partial charge in [0.2, 0.25) is 0 Å². The molecule has 2 rings (SSSR count). The molecule has 0 bridgehead atoms. The smallest absolute Gasteiger partial charge is 0.157 e. The highest BCUT2D eigenvalue weighted by molar-refractivity contribution is 5.15. The Bertz CT molecular complexity index is 389. The average molecular weight is 238 g/mol. The molecule has 1 N–H and O–H groups in total. The average Bonchev–Trinajstić information content (AvgIpc) is 2.76. The predicted octanol–water partition coefficient (Wildman–Crippen LogP) is 2.39. The fourth-order valence-electron chi connectivity index (χ4n) is 2.27. The van der Waals surface area contributed by atoms with Crippen molar-refractivity contribution in [2.75, 3.05) is 0 Å². The summed E-state index contributed by atoms with van der Waals surface area (Å²) < 4.78 is 7.80. The monoisotopic (exact) mass is 238 g/mol. The van der Waals surface area contributed by atoms with Gasteiger partial charge in [0.25, 0.3) is 0 Å². The van der Waals surface area contributed by atoms with E-state index in [0.29, 0.717) is 6.04 Å². The number of aliphatic hydroxyl groups is 1. The van der Waals surface area contributed by atoms with Gasteiger partial charge in [-0.15, -0.1) is 0 Å². The molecule has 0 amide bonds. The number of hydrogen-bond donors (Lipinski definition) is 1. The summed E-state index contributed by atoms with van der Waals surface area (Å²) in [5, 5.41) is 14.1.